The van der Waals surface area contributed by atoms with E-state index < -0.39 is 12.3 Å². The van der Waals surface area contributed by atoms with Gasteiger partial charge in [0, 0.05) is 12.0 Å². The van der Waals surface area contributed by atoms with Crippen molar-refractivity contribution < 1.29 is 13.9 Å². The lowest BCUT2D eigenvalue weighted by Crippen LogP contribution is -2.15. The van der Waals surface area contributed by atoms with E-state index in [1.165, 1.54) is 51.4 Å². The van der Waals surface area contributed by atoms with Crippen molar-refractivity contribution in [3.63, 3.8) is 0 Å². The number of alkyl halides is 1. The molecule has 0 heterocycles. The van der Waals surface area contributed by atoms with Gasteiger partial charge in [0.1, 0.15) is 0 Å². The van der Waals surface area contributed by atoms with Crippen molar-refractivity contribution in [2.75, 3.05) is 0 Å². The van der Waals surface area contributed by atoms with Gasteiger partial charge in [-0.05, 0) is 19.3 Å². The van der Waals surface area contributed by atoms with Crippen LogP contribution in [0.25, 0.3) is 0 Å². The summed E-state index contributed by atoms with van der Waals surface area (Å²) < 4.78 is 18.4. The van der Waals surface area contributed by atoms with Crippen LogP contribution in [0, 0.1) is 0 Å². The molecule has 0 fully saturated rings. The van der Waals surface area contributed by atoms with E-state index in [0.29, 0.717) is 18.4 Å². The van der Waals surface area contributed by atoms with Gasteiger partial charge in [0.25, 0.3) is 0 Å². The molecule has 0 spiro atoms. The van der Waals surface area contributed by atoms with Crippen LogP contribution in [0.2, 0.25) is 0 Å². The molecule has 2 nitrogen and oxygen atoms in total. The summed E-state index contributed by atoms with van der Waals surface area (Å²) in [5.74, 6) is -0.557. The molecule has 0 rings (SSSR count). The predicted octanol–water partition coefficient (Wildman–Crippen LogP) is 7.66. The van der Waals surface area contributed by atoms with Crippen LogP contribution >= 0.6 is 0 Å². The normalized spacial score (nSPS) is 12.1. The molecule has 1 unspecified atom stereocenters. The molecule has 0 saturated carbocycles. The van der Waals surface area contributed by atoms with E-state index in [1.807, 2.05) is 0 Å². The van der Waals surface area contributed by atoms with Gasteiger partial charge in [-0.15, -0.1) is 0 Å². The molecule has 148 valence electrons. The Morgan fingerprint density at radius 2 is 1.24 bits per heavy atom. The number of hydrogen-bond acceptors (Lipinski definition) is 2. The number of halogens is 1. The quantitative estimate of drug-likeness (QED) is 0.143. The molecule has 0 aromatic carbocycles. The summed E-state index contributed by atoms with van der Waals surface area (Å²) in [4.78, 5) is 11.8. The van der Waals surface area contributed by atoms with Crippen LogP contribution < -0.4 is 0 Å². The van der Waals surface area contributed by atoms with E-state index >= 15 is 0 Å². The monoisotopic (exact) mass is 356 g/mol. The summed E-state index contributed by atoms with van der Waals surface area (Å²) in [6.07, 6.45) is 16.0. The number of rotatable bonds is 18. The van der Waals surface area contributed by atoms with E-state index in [0.717, 1.165) is 38.5 Å². The molecule has 25 heavy (non-hydrogen) atoms. The maximum Gasteiger partial charge on any atom is 0.335 e. The minimum Gasteiger partial charge on any atom is -0.428 e. The number of unbranched alkanes of at least 4 members (excludes halogenated alkanes) is 12. The first-order valence-electron chi connectivity index (χ1n) is 10.6. The SMILES string of the molecule is C=C(CCCCCCCCCCCC)C(=O)OC(F)CCCCCC. The molecule has 0 amide bonds. The van der Waals surface area contributed by atoms with Crippen LogP contribution in [0.5, 0.6) is 0 Å². The van der Waals surface area contributed by atoms with E-state index in [1.54, 1.807) is 0 Å². The van der Waals surface area contributed by atoms with Crippen LogP contribution in [0.3, 0.4) is 0 Å². The molecule has 0 N–H and O–H groups in total. The van der Waals surface area contributed by atoms with Crippen LogP contribution in [0.1, 0.15) is 117 Å². The zero-order valence-corrected chi connectivity index (χ0v) is 16.8. The van der Waals surface area contributed by atoms with Gasteiger partial charge in [0.15, 0.2) is 0 Å². The van der Waals surface area contributed by atoms with Crippen LogP contribution in [0.4, 0.5) is 4.39 Å². The number of ether oxygens (including phenoxy) is 1. The molecule has 0 aromatic rings. The van der Waals surface area contributed by atoms with Crippen molar-refractivity contribution in [1.29, 1.82) is 0 Å². The molecular weight excluding hydrogens is 315 g/mol. The largest absolute Gasteiger partial charge is 0.428 e. The molecule has 0 radical (unpaired) electrons. The van der Waals surface area contributed by atoms with E-state index in [9.17, 15) is 9.18 Å². The van der Waals surface area contributed by atoms with Gasteiger partial charge in [0.05, 0.1) is 0 Å². The summed E-state index contributed by atoms with van der Waals surface area (Å²) in [5.41, 5.74) is 0.413. The van der Waals surface area contributed by atoms with Crippen LogP contribution in [-0.4, -0.2) is 12.3 Å². The number of carbonyl (C=O) groups excluding carboxylic acids is 1. The average Bonchev–Trinajstić information content (AvgIpc) is 2.60. The lowest BCUT2D eigenvalue weighted by Gasteiger charge is -2.11. The smallest absolute Gasteiger partial charge is 0.335 e. The molecule has 1 atom stereocenters. The highest BCUT2D eigenvalue weighted by Crippen LogP contribution is 2.16. The minimum atomic E-state index is -1.48. The van der Waals surface area contributed by atoms with Gasteiger partial charge < -0.3 is 4.74 Å². The fourth-order valence-electron chi connectivity index (χ4n) is 2.92. The molecule has 0 saturated heterocycles. The van der Waals surface area contributed by atoms with Crippen molar-refractivity contribution in [1.82, 2.24) is 0 Å². The zero-order chi connectivity index (χ0) is 18.8. The lowest BCUT2D eigenvalue weighted by molar-refractivity contribution is -0.153. The standard InChI is InChI=1S/C22H41FO2/c1-4-6-8-10-11-12-13-14-15-16-18-20(3)22(24)25-21(23)19-17-9-7-5-2/h21H,3-19H2,1-2H3. The van der Waals surface area contributed by atoms with Crippen LogP contribution in [0.15, 0.2) is 12.2 Å². The first kappa shape index (κ1) is 24.1. The predicted molar refractivity (Wildman–Crippen MR) is 105 cm³/mol. The topological polar surface area (TPSA) is 26.3 Å². The Balaban J connectivity index is 3.50. The average molecular weight is 357 g/mol. The second kappa shape index (κ2) is 17.9. The number of hydrogen-bond donors (Lipinski definition) is 0. The fourth-order valence-corrected chi connectivity index (χ4v) is 2.92. The van der Waals surface area contributed by atoms with Gasteiger partial charge >= 0.3 is 5.97 Å². The Morgan fingerprint density at radius 3 is 1.76 bits per heavy atom. The van der Waals surface area contributed by atoms with E-state index in [2.05, 4.69) is 20.4 Å². The van der Waals surface area contributed by atoms with Gasteiger partial charge in [0.2, 0.25) is 6.36 Å². The van der Waals surface area contributed by atoms with Gasteiger partial charge in [-0.25, -0.2) is 9.18 Å². The van der Waals surface area contributed by atoms with E-state index in [4.69, 9.17) is 4.74 Å². The fraction of sp³-hybridized carbons (Fsp3) is 0.864. The summed E-state index contributed by atoms with van der Waals surface area (Å²) in [7, 11) is 0. The van der Waals surface area contributed by atoms with Crippen molar-refractivity contribution in [2.45, 2.75) is 123 Å². The first-order chi connectivity index (χ1) is 12.1. The molecule has 0 aliphatic heterocycles. The zero-order valence-electron chi connectivity index (χ0n) is 16.8. The van der Waals surface area contributed by atoms with Gasteiger partial charge in [-0.3, -0.25) is 0 Å². The summed E-state index contributed by atoms with van der Waals surface area (Å²) in [5, 5.41) is 0. The Kier molecular flexibility index (Phi) is 17.3. The summed E-state index contributed by atoms with van der Waals surface area (Å²) >= 11 is 0. The number of esters is 1. The highest BCUT2D eigenvalue weighted by molar-refractivity contribution is 5.87. The van der Waals surface area contributed by atoms with Crippen molar-refractivity contribution in [3.8, 4) is 0 Å². The van der Waals surface area contributed by atoms with Crippen LogP contribution in [-0.2, 0) is 9.53 Å². The maximum atomic E-state index is 13.6. The lowest BCUT2D eigenvalue weighted by atomic mass is 10.0. The molecule has 0 aliphatic rings. The molecule has 3 heteroatoms. The van der Waals surface area contributed by atoms with Gasteiger partial charge in [-0.1, -0.05) is 97.5 Å². The van der Waals surface area contributed by atoms with Crippen molar-refractivity contribution in [3.05, 3.63) is 12.2 Å². The number of carbonyl (C=O) groups is 1. The van der Waals surface area contributed by atoms with Crippen molar-refractivity contribution >= 4 is 5.97 Å². The Bertz CT molecular complexity index is 328. The second-order valence-corrected chi connectivity index (χ2v) is 7.20. The molecular formula is C22H41FO2. The van der Waals surface area contributed by atoms with E-state index in [-0.39, 0.29) is 0 Å². The third kappa shape index (κ3) is 16.4. The highest BCUT2D eigenvalue weighted by atomic mass is 19.1. The summed E-state index contributed by atoms with van der Waals surface area (Å²) in [6, 6.07) is 0. The van der Waals surface area contributed by atoms with Crippen molar-refractivity contribution in [2.24, 2.45) is 0 Å². The Hall–Kier alpha value is -0.860. The molecule has 0 aliphatic carbocycles. The Morgan fingerprint density at radius 1 is 0.800 bits per heavy atom. The Labute approximate surface area is 155 Å². The molecule has 0 bridgehead atoms. The highest BCUT2D eigenvalue weighted by Gasteiger charge is 2.15. The third-order valence-electron chi connectivity index (χ3n) is 4.64. The summed E-state index contributed by atoms with van der Waals surface area (Å²) in [6.45, 7) is 8.11. The minimum absolute atomic E-state index is 0.303. The molecule has 0 aromatic heterocycles. The van der Waals surface area contributed by atoms with Gasteiger partial charge in [-0.2, -0.15) is 0 Å². The second-order valence-electron chi connectivity index (χ2n) is 7.20. The first-order valence-corrected chi connectivity index (χ1v) is 10.6. The maximum absolute atomic E-state index is 13.6. The third-order valence-corrected chi connectivity index (χ3v) is 4.64.